The Bertz CT molecular complexity index is 1670. The van der Waals surface area contributed by atoms with E-state index < -0.39 is 21.9 Å². The molecule has 9 nitrogen and oxygen atoms in total. The van der Waals surface area contributed by atoms with Crippen molar-refractivity contribution >= 4 is 32.8 Å². The van der Waals surface area contributed by atoms with Gasteiger partial charge in [-0.25, -0.2) is 15.0 Å². The highest BCUT2D eigenvalue weighted by atomic mass is 32.2. The van der Waals surface area contributed by atoms with E-state index in [1.54, 1.807) is 30.6 Å². The highest BCUT2D eigenvalue weighted by molar-refractivity contribution is 7.85. The molecular weight excluding hydrogens is 521 g/mol. The molecule has 0 aliphatic carbocycles. The fourth-order valence-corrected chi connectivity index (χ4v) is 3.80. The summed E-state index contributed by atoms with van der Waals surface area (Å²) in [4.78, 5) is 20.9. The van der Waals surface area contributed by atoms with Gasteiger partial charge in [-0.05, 0) is 49.4 Å². The molecule has 38 heavy (non-hydrogen) atoms. The van der Waals surface area contributed by atoms with Crippen LogP contribution in [0, 0.1) is 6.92 Å². The predicted octanol–water partition coefficient (Wildman–Crippen LogP) is 5.49. The zero-order valence-electron chi connectivity index (χ0n) is 19.6. The van der Waals surface area contributed by atoms with Crippen LogP contribution in [0.1, 0.15) is 11.1 Å². The predicted molar refractivity (Wildman–Crippen MR) is 134 cm³/mol. The molecule has 0 radical (unpaired) electrons. The molecule has 0 saturated carbocycles. The standard InChI is InChI=1S/C19H13F3N6.C6H6O3S/c1-11-17(12-7-15-14(24-8-12)3-2-6-23-15)26-10-27-18(11)28-16-5-4-13(9-25-16)19(20,21)22;7-10(8,9)6-4-2-1-3-5-6/h2-10H,1H3,(H,25,26,27,28);1-5H,(H,7,8,9). The van der Waals surface area contributed by atoms with Crippen LogP contribution in [0.25, 0.3) is 22.3 Å². The Morgan fingerprint density at radius 1 is 0.842 bits per heavy atom. The largest absolute Gasteiger partial charge is 0.417 e. The third-order valence-corrected chi connectivity index (χ3v) is 6.05. The lowest BCUT2D eigenvalue weighted by Crippen LogP contribution is -2.06. The number of aromatic nitrogens is 5. The first-order chi connectivity index (χ1) is 18.0. The first-order valence-electron chi connectivity index (χ1n) is 10.9. The molecule has 0 fully saturated rings. The lowest BCUT2D eigenvalue weighted by molar-refractivity contribution is -0.137. The van der Waals surface area contributed by atoms with E-state index in [1.165, 1.54) is 24.5 Å². The van der Waals surface area contributed by atoms with Crippen molar-refractivity contribution in [1.82, 2.24) is 24.9 Å². The minimum atomic E-state index is -4.43. The van der Waals surface area contributed by atoms with Crippen molar-refractivity contribution in [2.45, 2.75) is 18.0 Å². The average Bonchev–Trinajstić information content (AvgIpc) is 2.90. The number of rotatable bonds is 4. The van der Waals surface area contributed by atoms with E-state index in [4.69, 9.17) is 4.55 Å². The quantitative estimate of drug-likeness (QED) is 0.284. The molecule has 5 rings (SSSR count). The van der Waals surface area contributed by atoms with Gasteiger partial charge in [0, 0.05) is 29.7 Å². The van der Waals surface area contributed by atoms with Crippen LogP contribution in [0.15, 0.2) is 90.5 Å². The molecule has 0 amide bonds. The number of anilines is 2. The summed E-state index contributed by atoms with van der Waals surface area (Å²) in [6, 6.07) is 15.2. The Morgan fingerprint density at radius 3 is 2.24 bits per heavy atom. The number of nitrogens with one attached hydrogen (secondary N) is 1. The van der Waals surface area contributed by atoms with E-state index in [2.05, 4.69) is 30.2 Å². The lowest BCUT2D eigenvalue weighted by atomic mass is 10.1. The van der Waals surface area contributed by atoms with E-state index >= 15 is 0 Å². The molecule has 4 aromatic heterocycles. The molecule has 2 N–H and O–H groups in total. The summed E-state index contributed by atoms with van der Waals surface area (Å²) in [5.41, 5.74) is 2.80. The number of hydrogen-bond acceptors (Lipinski definition) is 8. The van der Waals surface area contributed by atoms with Crippen molar-refractivity contribution < 1.29 is 26.1 Å². The Balaban J connectivity index is 0.000000283. The maximum absolute atomic E-state index is 12.7. The second-order valence-electron chi connectivity index (χ2n) is 7.80. The van der Waals surface area contributed by atoms with Gasteiger partial charge >= 0.3 is 6.18 Å². The van der Waals surface area contributed by atoms with Gasteiger partial charge in [0.25, 0.3) is 10.1 Å². The Kier molecular flexibility index (Phi) is 7.60. The fourth-order valence-electron chi connectivity index (χ4n) is 3.30. The van der Waals surface area contributed by atoms with Gasteiger partial charge in [0.15, 0.2) is 0 Å². The van der Waals surface area contributed by atoms with Gasteiger partial charge in [-0.1, -0.05) is 18.2 Å². The Hall–Kier alpha value is -4.49. The number of benzene rings is 1. The highest BCUT2D eigenvalue weighted by Gasteiger charge is 2.30. The van der Waals surface area contributed by atoms with Crippen LogP contribution >= 0.6 is 0 Å². The Labute approximate surface area is 215 Å². The normalized spacial score (nSPS) is 11.5. The minimum absolute atomic E-state index is 0.0741. The second-order valence-corrected chi connectivity index (χ2v) is 9.23. The van der Waals surface area contributed by atoms with Crippen molar-refractivity contribution in [1.29, 1.82) is 0 Å². The molecule has 5 aromatic rings. The first-order valence-corrected chi connectivity index (χ1v) is 12.3. The number of fused-ring (bicyclic) bond motifs is 1. The summed E-state index contributed by atoms with van der Waals surface area (Å²) in [5, 5.41) is 2.93. The fraction of sp³-hybridized carbons (Fsp3) is 0.0800. The van der Waals surface area contributed by atoms with Crippen molar-refractivity contribution in [3.05, 3.63) is 96.7 Å². The molecule has 0 spiro atoms. The molecule has 13 heteroatoms. The zero-order chi connectivity index (χ0) is 27.3. The summed E-state index contributed by atoms with van der Waals surface area (Å²) >= 11 is 0. The van der Waals surface area contributed by atoms with Crippen molar-refractivity contribution in [3.63, 3.8) is 0 Å². The van der Waals surface area contributed by atoms with Gasteiger partial charge in [-0.2, -0.15) is 21.6 Å². The monoisotopic (exact) mass is 540 g/mol. The van der Waals surface area contributed by atoms with Gasteiger partial charge in [-0.3, -0.25) is 14.5 Å². The van der Waals surface area contributed by atoms with Gasteiger partial charge in [0.1, 0.15) is 18.0 Å². The zero-order valence-corrected chi connectivity index (χ0v) is 20.4. The topological polar surface area (TPSA) is 131 Å². The number of halogens is 3. The van der Waals surface area contributed by atoms with Crippen molar-refractivity contribution in [2.75, 3.05) is 5.32 Å². The summed E-state index contributed by atoms with van der Waals surface area (Å²) in [6.07, 6.45) is 1.10. The van der Waals surface area contributed by atoms with Crippen LogP contribution < -0.4 is 5.32 Å². The van der Waals surface area contributed by atoms with E-state index in [9.17, 15) is 21.6 Å². The number of pyridine rings is 3. The van der Waals surface area contributed by atoms with Gasteiger partial charge in [0.2, 0.25) is 0 Å². The van der Waals surface area contributed by atoms with Gasteiger partial charge < -0.3 is 5.32 Å². The molecule has 194 valence electrons. The molecular formula is C25H19F3N6O3S. The smallest absolute Gasteiger partial charge is 0.325 e. The second kappa shape index (κ2) is 10.9. The summed E-state index contributed by atoms with van der Waals surface area (Å²) in [7, 11) is -4.00. The summed E-state index contributed by atoms with van der Waals surface area (Å²) < 4.78 is 67.2. The van der Waals surface area contributed by atoms with Crippen LogP contribution in [0.3, 0.4) is 0 Å². The molecule has 0 bridgehead atoms. The first kappa shape index (κ1) is 26.6. The van der Waals surface area contributed by atoms with E-state index in [0.717, 1.165) is 28.9 Å². The van der Waals surface area contributed by atoms with Gasteiger partial charge in [-0.15, -0.1) is 0 Å². The third kappa shape index (κ3) is 6.44. The van der Waals surface area contributed by atoms with E-state index in [-0.39, 0.29) is 10.7 Å². The molecule has 0 atom stereocenters. The molecule has 0 unspecified atom stereocenters. The van der Waals surface area contributed by atoms with E-state index in [1.807, 2.05) is 25.1 Å². The maximum atomic E-state index is 12.7. The maximum Gasteiger partial charge on any atom is 0.417 e. The van der Waals surface area contributed by atoms with Crippen molar-refractivity contribution in [2.24, 2.45) is 0 Å². The van der Waals surface area contributed by atoms with E-state index in [0.29, 0.717) is 17.1 Å². The highest BCUT2D eigenvalue weighted by Crippen LogP contribution is 2.30. The molecule has 1 aromatic carbocycles. The summed E-state index contributed by atoms with van der Waals surface area (Å²) in [6.45, 7) is 1.81. The van der Waals surface area contributed by atoms with Gasteiger partial charge in [0.05, 0.1) is 27.2 Å². The van der Waals surface area contributed by atoms with Crippen LogP contribution in [-0.2, 0) is 16.3 Å². The molecule has 0 saturated heterocycles. The van der Waals surface area contributed by atoms with Crippen LogP contribution in [0.4, 0.5) is 24.8 Å². The number of nitrogens with zero attached hydrogens (tertiary/aromatic N) is 5. The average molecular weight is 541 g/mol. The minimum Gasteiger partial charge on any atom is -0.325 e. The molecule has 0 aliphatic heterocycles. The third-order valence-electron chi connectivity index (χ3n) is 5.19. The SMILES string of the molecule is Cc1c(Nc2ccc(C(F)(F)F)cn2)ncnc1-c1cnc2cccnc2c1.O=S(=O)(O)c1ccccc1. The summed E-state index contributed by atoms with van der Waals surface area (Å²) in [5.74, 6) is 0.692. The van der Waals surface area contributed by atoms with Crippen LogP contribution in [0.5, 0.6) is 0 Å². The lowest BCUT2D eigenvalue weighted by Gasteiger charge is -2.12. The van der Waals surface area contributed by atoms with Crippen molar-refractivity contribution in [3.8, 4) is 11.3 Å². The Morgan fingerprint density at radius 2 is 1.61 bits per heavy atom. The number of hydrogen-bond donors (Lipinski definition) is 2. The van der Waals surface area contributed by atoms with Crippen LogP contribution in [-0.4, -0.2) is 37.9 Å². The van der Waals surface area contributed by atoms with Crippen LogP contribution in [0.2, 0.25) is 0 Å². The molecule has 0 aliphatic rings. The number of alkyl halides is 3. The molecule has 4 heterocycles.